The van der Waals surface area contributed by atoms with Crippen LogP contribution in [-0.4, -0.2) is 101 Å². The van der Waals surface area contributed by atoms with Crippen molar-refractivity contribution in [3.8, 4) is 5.75 Å². The summed E-state index contributed by atoms with van der Waals surface area (Å²) in [7, 11) is 5.24. The standard InChI is InChI=1S/C37H57N5O7S/c1-9-23(4)32(40-34(45)29-12-10-11-17-41(29)6)36(46)42(7)30(22(2)3)20-31(43)35-39-28(21-50-35)33(44)38-26(18-24(5)37(47)48)19-25-13-15-27(49-8)16-14-25/h13-16,21-24,26,29-32,43H,9-12,17-20H2,1-8H3,(H,38,44)(H,40,45)(H,47,48)/t23?,24-,26+,29?,30?,31+,32-/m0/s1. The summed E-state index contributed by atoms with van der Waals surface area (Å²) in [5, 5.41) is 28.8. The number of carboxylic acids is 1. The fourth-order valence-electron chi connectivity index (χ4n) is 6.50. The Hall–Kier alpha value is -3.55. The number of likely N-dealkylation sites (N-methyl/N-ethyl adjacent to an activating group) is 2. The second-order valence-corrected chi connectivity index (χ2v) is 15.0. The molecule has 1 aromatic carbocycles. The van der Waals surface area contributed by atoms with Crippen LogP contribution in [0, 0.1) is 17.8 Å². The number of amides is 3. The van der Waals surface area contributed by atoms with Crippen LogP contribution in [0.5, 0.6) is 5.75 Å². The fraction of sp³-hybridized carbons (Fsp3) is 0.649. The Balaban J connectivity index is 1.71. The number of likely N-dealkylation sites (tertiary alicyclic amines) is 1. The number of ether oxygens (including phenoxy) is 1. The first-order chi connectivity index (χ1) is 23.7. The number of aliphatic hydroxyl groups is 1. The third-order valence-electron chi connectivity index (χ3n) is 10.0. The second kappa shape index (κ2) is 19.2. The van der Waals surface area contributed by atoms with E-state index in [-0.39, 0.29) is 54.3 Å². The van der Waals surface area contributed by atoms with Gasteiger partial charge in [0.05, 0.1) is 19.1 Å². The first-order valence-corrected chi connectivity index (χ1v) is 18.6. The number of nitrogens with one attached hydrogen (secondary N) is 2. The van der Waals surface area contributed by atoms with Gasteiger partial charge in [-0.1, -0.05) is 59.6 Å². The number of aliphatic carboxylic acids is 1. The Morgan fingerprint density at radius 2 is 1.76 bits per heavy atom. The van der Waals surface area contributed by atoms with Gasteiger partial charge in [-0.25, -0.2) is 4.98 Å². The molecule has 1 saturated heterocycles. The van der Waals surface area contributed by atoms with Gasteiger partial charge in [-0.3, -0.25) is 24.1 Å². The third kappa shape index (κ3) is 11.2. The molecule has 12 nitrogen and oxygen atoms in total. The molecule has 0 spiro atoms. The van der Waals surface area contributed by atoms with Crippen LogP contribution in [0.25, 0.3) is 0 Å². The van der Waals surface area contributed by atoms with E-state index in [0.717, 1.165) is 42.7 Å². The number of benzene rings is 1. The molecule has 3 unspecified atom stereocenters. The van der Waals surface area contributed by atoms with Crippen LogP contribution in [0.4, 0.5) is 0 Å². The number of aliphatic hydroxyl groups excluding tert-OH is 1. The van der Waals surface area contributed by atoms with Crippen molar-refractivity contribution in [2.45, 2.75) is 110 Å². The smallest absolute Gasteiger partial charge is 0.306 e. The zero-order chi connectivity index (χ0) is 37.1. The molecule has 7 atom stereocenters. The lowest BCUT2D eigenvalue weighted by Gasteiger charge is -2.38. The van der Waals surface area contributed by atoms with E-state index >= 15 is 0 Å². The van der Waals surface area contributed by atoms with E-state index < -0.39 is 36.0 Å². The lowest BCUT2D eigenvalue weighted by Crippen LogP contribution is -2.58. The Morgan fingerprint density at radius 3 is 2.34 bits per heavy atom. The predicted octanol–water partition coefficient (Wildman–Crippen LogP) is 4.53. The molecular formula is C37H57N5O7S. The SMILES string of the molecule is CCC(C)[C@H](NC(=O)C1CCCCN1C)C(=O)N(C)C(C[C@@H](O)c1nc(C(=O)N[C@@H](Cc2ccc(OC)cc2)C[C@H](C)C(=O)O)cs1)C(C)C. The summed E-state index contributed by atoms with van der Waals surface area (Å²) in [5.74, 6) is -1.83. The Bertz CT molecular complexity index is 1420. The van der Waals surface area contributed by atoms with Gasteiger partial charge in [-0.2, -0.15) is 0 Å². The van der Waals surface area contributed by atoms with Crippen molar-refractivity contribution in [1.82, 2.24) is 25.4 Å². The van der Waals surface area contributed by atoms with Crippen LogP contribution < -0.4 is 15.4 Å². The second-order valence-electron chi connectivity index (χ2n) is 14.1. The zero-order valence-corrected chi connectivity index (χ0v) is 31.7. The average Bonchev–Trinajstić information content (AvgIpc) is 3.59. The quantitative estimate of drug-likeness (QED) is 0.174. The normalized spacial score (nSPS) is 18.7. The summed E-state index contributed by atoms with van der Waals surface area (Å²) in [6, 6.07) is 5.58. The Kier molecular flexibility index (Phi) is 15.7. The highest BCUT2D eigenvalue weighted by atomic mass is 32.1. The highest BCUT2D eigenvalue weighted by Gasteiger charge is 2.36. The number of rotatable bonds is 18. The number of thiazole rings is 1. The summed E-state index contributed by atoms with van der Waals surface area (Å²) >= 11 is 1.16. The minimum Gasteiger partial charge on any atom is -0.497 e. The van der Waals surface area contributed by atoms with Crippen LogP contribution in [-0.2, 0) is 20.8 Å². The molecule has 1 aliphatic heterocycles. The van der Waals surface area contributed by atoms with Gasteiger partial charge >= 0.3 is 5.97 Å². The summed E-state index contributed by atoms with van der Waals surface area (Å²) in [6.45, 7) is 10.4. The van der Waals surface area contributed by atoms with Gasteiger partial charge < -0.3 is 30.5 Å². The Morgan fingerprint density at radius 1 is 1.08 bits per heavy atom. The molecular weight excluding hydrogens is 659 g/mol. The highest BCUT2D eigenvalue weighted by molar-refractivity contribution is 7.09. The monoisotopic (exact) mass is 715 g/mol. The minimum atomic E-state index is -1.04. The number of carboxylic acid groups (broad SMARTS) is 1. The predicted molar refractivity (Wildman–Crippen MR) is 194 cm³/mol. The van der Waals surface area contributed by atoms with E-state index in [4.69, 9.17) is 4.74 Å². The van der Waals surface area contributed by atoms with E-state index in [1.165, 1.54) is 0 Å². The zero-order valence-electron chi connectivity index (χ0n) is 30.8. The maximum Gasteiger partial charge on any atom is 0.306 e. The summed E-state index contributed by atoms with van der Waals surface area (Å²) in [6.07, 6.45) is 3.29. The molecule has 13 heteroatoms. The molecule has 1 aliphatic rings. The maximum absolute atomic E-state index is 14.0. The van der Waals surface area contributed by atoms with E-state index in [0.29, 0.717) is 23.6 Å². The van der Waals surface area contributed by atoms with Crippen LogP contribution in [0.15, 0.2) is 29.6 Å². The number of nitrogens with zero attached hydrogens (tertiary/aromatic N) is 3. The lowest BCUT2D eigenvalue weighted by atomic mass is 9.92. The molecule has 0 radical (unpaired) electrons. The number of hydrogen-bond donors (Lipinski definition) is 4. The molecule has 2 heterocycles. The summed E-state index contributed by atoms with van der Waals surface area (Å²) in [4.78, 5) is 60.4. The Labute approximate surface area is 301 Å². The minimum absolute atomic E-state index is 0.0194. The van der Waals surface area contributed by atoms with Crippen LogP contribution in [0.1, 0.15) is 100 Å². The molecule has 0 saturated carbocycles. The molecule has 0 aliphatic carbocycles. The van der Waals surface area contributed by atoms with E-state index in [1.807, 2.05) is 63.9 Å². The average molecular weight is 716 g/mol. The lowest BCUT2D eigenvalue weighted by molar-refractivity contribution is -0.141. The van der Waals surface area contributed by atoms with Crippen molar-refractivity contribution < 1.29 is 34.1 Å². The number of piperidine rings is 1. The van der Waals surface area contributed by atoms with Gasteiger partial charge in [0.25, 0.3) is 5.91 Å². The van der Waals surface area contributed by atoms with Crippen molar-refractivity contribution in [3.63, 3.8) is 0 Å². The number of carbonyl (C=O) groups excluding carboxylic acids is 3. The van der Waals surface area contributed by atoms with Crippen molar-refractivity contribution >= 4 is 35.0 Å². The van der Waals surface area contributed by atoms with Crippen LogP contribution in [0.3, 0.4) is 0 Å². The molecule has 1 fully saturated rings. The topological polar surface area (TPSA) is 161 Å². The first kappa shape index (κ1) is 40.9. The van der Waals surface area contributed by atoms with Gasteiger partial charge in [0, 0.05) is 30.9 Å². The van der Waals surface area contributed by atoms with Gasteiger partial charge in [0.1, 0.15) is 28.6 Å². The van der Waals surface area contributed by atoms with E-state index in [9.17, 15) is 29.4 Å². The molecule has 1 aromatic heterocycles. The van der Waals surface area contributed by atoms with E-state index in [2.05, 4.69) is 15.6 Å². The first-order valence-electron chi connectivity index (χ1n) is 17.7. The largest absolute Gasteiger partial charge is 0.497 e. The van der Waals surface area contributed by atoms with E-state index in [1.54, 1.807) is 31.4 Å². The number of aromatic nitrogens is 1. The van der Waals surface area contributed by atoms with Crippen LogP contribution >= 0.6 is 11.3 Å². The van der Waals surface area contributed by atoms with Crippen molar-refractivity contribution in [1.29, 1.82) is 0 Å². The summed E-state index contributed by atoms with van der Waals surface area (Å²) in [5.41, 5.74) is 1.04. The number of carbonyl (C=O) groups is 4. The molecule has 50 heavy (non-hydrogen) atoms. The number of methoxy groups -OCH3 is 1. The van der Waals surface area contributed by atoms with Gasteiger partial charge in [0.2, 0.25) is 11.8 Å². The summed E-state index contributed by atoms with van der Waals surface area (Å²) < 4.78 is 5.23. The molecule has 0 bridgehead atoms. The number of hydrogen-bond acceptors (Lipinski definition) is 9. The van der Waals surface area contributed by atoms with Crippen molar-refractivity contribution in [2.24, 2.45) is 17.8 Å². The van der Waals surface area contributed by atoms with Crippen molar-refractivity contribution in [3.05, 3.63) is 45.9 Å². The molecule has 3 rings (SSSR count). The van der Waals surface area contributed by atoms with Crippen LogP contribution in [0.2, 0.25) is 0 Å². The molecule has 3 amide bonds. The maximum atomic E-state index is 14.0. The fourth-order valence-corrected chi connectivity index (χ4v) is 7.30. The highest BCUT2D eigenvalue weighted by Crippen LogP contribution is 2.28. The molecule has 278 valence electrons. The molecule has 2 aromatic rings. The van der Waals surface area contributed by atoms with Gasteiger partial charge in [-0.05, 0) is 68.8 Å². The van der Waals surface area contributed by atoms with Gasteiger partial charge in [0.15, 0.2) is 0 Å². The molecule has 4 N–H and O–H groups in total. The van der Waals surface area contributed by atoms with Gasteiger partial charge in [-0.15, -0.1) is 11.3 Å². The third-order valence-corrected chi connectivity index (χ3v) is 11.0. The van der Waals surface area contributed by atoms with Crippen molar-refractivity contribution in [2.75, 3.05) is 27.7 Å².